The van der Waals surface area contributed by atoms with Crippen molar-refractivity contribution in [1.82, 2.24) is 5.32 Å². The van der Waals surface area contributed by atoms with Gasteiger partial charge in [-0.25, -0.2) is 0 Å². The van der Waals surface area contributed by atoms with Gasteiger partial charge in [-0.15, -0.1) is 0 Å². The molecule has 76 valence electrons. The van der Waals surface area contributed by atoms with Crippen molar-refractivity contribution < 1.29 is 4.74 Å². The van der Waals surface area contributed by atoms with Gasteiger partial charge < -0.3 is 10.1 Å². The Morgan fingerprint density at radius 1 is 1.29 bits per heavy atom. The predicted octanol–water partition coefficient (Wildman–Crippen LogP) is 1.61. The van der Waals surface area contributed by atoms with Crippen molar-refractivity contribution in [1.29, 1.82) is 0 Å². The Morgan fingerprint density at radius 3 is 3.00 bits per heavy atom. The van der Waals surface area contributed by atoms with E-state index in [1.807, 2.05) is 0 Å². The van der Waals surface area contributed by atoms with E-state index in [9.17, 15) is 0 Å². The molecule has 0 spiro atoms. The number of ether oxygens (including phenoxy) is 1. The van der Waals surface area contributed by atoms with Gasteiger partial charge >= 0.3 is 0 Å². The fraction of sp³-hybridized carbons (Fsp3) is 0.500. The second kappa shape index (κ2) is 5.13. The van der Waals surface area contributed by atoms with Crippen LogP contribution >= 0.6 is 0 Å². The van der Waals surface area contributed by atoms with Crippen molar-refractivity contribution in [2.24, 2.45) is 0 Å². The highest BCUT2D eigenvalue weighted by Gasteiger charge is 2.11. The third-order valence-corrected chi connectivity index (χ3v) is 2.54. The molecule has 1 fully saturated rings. The lowest BCUT2D eigenvalue weighted by Gasteiger charge is -2.14. The summed E-state index contributed by atoms with van der Waals surface area (Å²) < 4.78 is 5.52. The Balaban J connectivity index is 1.90. The minimum atomic E-state index is 0.486. The Bertz CT molecular complexity index is 252. The smallest absolute Gasteiger partial charge is 0.0622 e. The quantitative estimate of drug-likeness (QED) is 0.766. The monoisotopic (exact) mass is 191 g/mol. The normalized spacial score (nSPS) is 23.0. The van der Waals surface area contributed by atoms with Crippen LogP contribution < -0.4 is 5.32 Å². The first kappa shape index (κ1) is 9.69. The number of benzene rings is 1. The summed E-state index contributed by atoms with van der Waals surface area (Å²) in [6, 6.07) is 11.1. The number of nitrogens with one attached hydrogen (secondary N) is 1. The van der Waals surface area contributed by atoms with Gasteiger partial charge in [0.15, 0.2) is 0 Å². The third kappa shape index (κ3) is 2.82. The first-order valence-corrected chi connectivity index (χ1v) is 5.30. The van der Waals surface area contributed by atoms with Gasteiger partial charge in [0.1, 0.15) is 0 Å². The van der Waals surface area contributed by atoms with Crippen LogP contribution in [0.4, 0.5) is 0 Å². The van der Waals surface area contributed by atoms with Crippen LogP contribution in [0.15, 0.2) is 30.3 Å². The lowest BCUT2D eigenvalue weighted by molar-refractivity contribution is 0.131. The van der Waals surface area contributed by atoms with Crippen LogP contribution in [0.2, 0.25) is 0 Å². The molecule has 0 radical (unpaired) electrons. The largest absolute Gasteiger partial charge is 0.380 e. The third-order valence-electron chi connectivity index (χ3n) is 2.54. The molecule has 1 heterocycles. The van der Waals surface area contributed by atoms with Crippen molar-refractivity contribution in [3.63, 3.8) is 0 Å². The molecule has 1 saturated heterocycles. The second-order valence-corrected chi connectivity index (χ2v) is 3.77. The molecule has 2 nitrogen and oxygen atoms in total. The van der Waals surface area contributed by atoms with Crippen molar-refractivity contribution in [2.45, 2.75) is 18.9 Å². The molecule has 1 aromatic rings. The fourth-order valence-electron chi connectivity index (χ4n) is 1.79. The second-order valence-electron chi connectivity index (χ2n) is 3.77. The molecule has 0 amide bonds. The van der Waals surface area contributed by atoms with Gasteiger partial charge in [-0.2, -0.15) is 0 Å². The van der Waals surface area contributed by atoms with Gasteiger partial charge in [0.05, 0.1) is 6.61 Å². The van der Waals surface area contributed by atoms with Crippen molar-refractivity contribution in [3.8, 4) is 0 Å². The van der Waals surface area contributed by atoms with Gasteiger partial charge in [-0.05, 0) is 24.9 Å². The van der Waals surface area contributed by atoms with Crippen molar-refractivity contribution >= 4 is 0 Å². The zero-order valence-corrected chi connectivity index (χ0v) is 8.41. The molecule has 0 bridgehead atoms. The number of hydrogen-bond acceptors (Lipinski definition) is 2. The molecule has 14 heavy (non-hydrogen) atoms. The first-order chi connectivity index (χ1) is 6.95. The summed E-state index contributed by atoms with van der Waals surface area (Å²) in [6.07, 6.45) is 2.20. The van der Waals surface area contributed by atoms with Gasteiger partial charge in [0.2, 0.25) is 0 Å². The summed E-state index contributed by atoms with van der Waals surface area (Å²) >= 11 is 0. The van der Waals surface area contributed by atoms with Crippen LogP contribution in [0.3, 0.4) is 0 Å². The Hall–Kier alpha value is -0.860. The molecule has 0 aromatic heterocycles. The minimum absolute atomic E-state index is 0.486. The van der Waals surface area contributed by atoms with E-state index in [1.165, 1.54) is 5.56 Å². The maximum atomic E-state index is 5.52. The summed E-state index contributed by atoms with van der Waals surface area (Å²) in [5.74, 6) is 0. The van der Waals surface area contributed by atoms with E-state index in [0.717, 1.165) is 32.6 Å². The van der Waals surface area contributed by atoms with Gasteiger partial charge in [0.25, 0.3) is 0 Å². The van der Waals surface area contributed by atoms with E-state index in [4.69, 9.17) is 4.74 Å². The molecule has 0 aliphatic carbocycles. The summed E-state index contributed by atoms with van der Waals surface area (Å²) in [6.45, 7) is 2.82. The molecular weight excluding hydrogens is 174 g/mol. The van der Waals surface area contributed by atoms with Crippen LogP contribution in [-0.2, 0) is 11.2 Å². The maximum Gasteiger partial charge on any atom is 0.0622 e. The van der Waals surface area contributed by atoms with Crippen LogP contribution in [0.25, 0.3) is 0 Å². The molecular formula is C12H17NO. The van der Waals surface area contributed by atoms with Crippen molar-refractivity contribution in [2.75, 3.05) is 19.8 Å². The molecule has 1 aliphatic heterocycles. The van der Waals surface area contributed by atoms with Crippen molar-refractivity contribution in [3.05, 3.63) is 35.9 Å². The summed E-state index contributed by atoms with van der Waals surface area (Å²) in [5, 5.41) is 3.51. The fourth-order valence-corrected chi connectivity index (χ4v) is 1.79. The zero-order valence-electron chi connectivity index (χ0n) is 8.41. The van der Waals surface area contributed by atoms with Gasteiger partial charge in [0, 0.05) is 12.6 Å². The first-order valence-electron chi connectivity index (χ1n) is 5.30. The summed E-state index contributed by atoms with van der Waals surface area (Å²) in [5.41, 5.74) is 1.38. The molecule has 2 heteroatoms. The number of hydrogen-bond donors (Lipinski definition) is 1. The Labute approximate surface area is 85.3 Å². The highest BCUT2D eigenvalue weighted by Crippen LogP contribution is 2.05. The molecule has 1 aromatic carbocycles. The van der Waals surface area contributed by atoms with E-state index < -0.39 is 0 Å². The van der Waals surface area contributed by atoms with E-state index in [2.05, 4.69) is 35.6 Å². The van der Waals surface area contributed by atoms with Crippen LogP contribution in [0.1, 0.15) is 12.0 Å². The lowest BCUT2D eigenvalue weighted by Crippen LogP contribution is -2.33. The highest BCUT2D eigenvalue weighted by molar-refractivity contribution is 5.15. The van der Waals surface area contributed by atoms with Gasteiger partial charge in [-0.3, -0.25) is 0 Å². The van der Waals surface area contributed by atoms with E-state index in [-0.39, 0.29) is 0 Å². The number of rotatable bonds is 2. The maximum absolute atomic E-state index is 5.52. The highest BCUT2D eigenvalue weighted by atomic mass is 16.5. The van der Waals surface area contributed by atoms with Crippen LogP contribution in [0, 0.1) is 0 Å². The van der Waals surface area contributed by atoms with E-state index in [1.54, 1.807) is 0 Å². The standard InChI is InChI=1S/C12H17NO/c1-2-5-11(6-3-1)9-12-10-14-8-4-7-13-12/h1-3,5-6,12-13H,4,7-10H2. The van der Waals surface area contributed by atoms with E-state index >= 15 is 0 Å². The molecule has 2 rings (SSSR count). The average Bonchev–Trinajstić information content (AvgIpc) is 2.48. The molecule has 1 unspecified atom stereocenters. The molecule has 1 atom stereocenters. The Morgan fingerprint density at radius 2 is 2.14 bits per heavy atom. The molecule has 1 aliphatic rings. The lowest BCUT2D eigenvalue weighted by atomic mass is 10.1. The summed E-state index contributed by atoms with van der Waals surface area (Å²) in [4.78, 5) is 0. The average molecular weight is 191 g/mol. The minimum Gasteiger partial charge on any atom is -0.380 e. The molecule has 1 N–H and O–H groups in total. The van der Waals surface area contributed by atoms with Gasteiger partial charge in [-0.1, -0.05) is 30.3 Å². The summed E-state index contributed by atoms with van der Waals surface area (Å²) in [7, 11) is 0. The van der Waals surface area contributed by atoms with Crippen LogP contribution in [-0.4, -0.2) is 25.8 Å². The topological polar surface area (TPSA) is 21.3 Å². The molecule has 0 saturated carbocycles. The SMILES string of the molecule is c1ccc(CC2COCCCN2)cc1. The predicted molar refractivity (Wildman–Crippen MR) is 57.4 cm³/mol. The van der Waals surface area contributed by atoms with E-state index in [0.29, 0.717) is 6.04 Å². The Kier molecular flexibility index (Phi) is 3.55. The van der Waals surface area contributed by atoms with Crippen LogP contribution in [0.5, 0.6) is 0 Å². The zero-order chi connectivity index (χ0) is 9.64.